The van der Waals surface area contributed by atoms with Gasteiger partial charge in [0, 0.05) is 23.0 Å². The summed E-state index contributed by atoms with van der Waals surface area (Å²) in [6, 6.07) is 19.0. The Morgan fingerprint density at radius 2 is 1.70 bits per heavy atom. The Morgan fingerprint density at radius 3 is 2.27 bits per heavy atom. The minimum atomic E-state index is -0.146. The van der Waals surface area contributed by atoms with E-state index in [0.717, 1.165) is 16.9 Å². The van der Waals surface area contributed by atoms with Crippen LogP contribution in [0.1, 0.15) is 46.6 Å². The van der Waals surface area contributed by atoms with Gasteiger partial charge in [0.05, 0.1) is 13.7 Å². The smallest absolute Gasteiger partial charge is 0.254 e. The lowest BCUT2D eigenvalue weighted by Crippen LogP contribution is -2.46. The number of carbonyl (C=O) groups excluding carboxylic acids is 2. The largest absolute Gasteiger partial charge is 0.497 e. The van der Waals surface area contributed by atoms with Crippen molar-refractivity contribution in [2.45, 2.75) is 46.3 Å². The monoisotopic (exact) mass is 464 g/mol. The van der Waals surface area contributed by atoms with Crippen LogP contribution in [0.5, 0.6) is 5.75 Å². The van der Waals surface area contributed by atoms with Gasteiger partial charge in [-0.2, -0.15) is 0 Å². The van der Waals surface area contributed by atoms with E-state index < -0.39 is 0 Å². The van der Waals surface area contributed by atoms with E-state index in [1.807, 2.05) is 49.1 Å². The molecule has 1 aromatic heterocycles. The van der Waals surface area contributed by atoms with Gasteiger partial charge in [0.25, 0.3) is 5.91 Å². The first-order valence-electron chi connectivity index (χ1n) is 11.2. The highest BCUT2D eigenvalue weighted by Gasteiger charge is 2.26. The van der Waals surface area contributed by atoms with Crippen LogP contribution in [-0.4, -0.2) is 41.3 Å². The van der Waals surface area contributed by atoms with Crippen molar-refractivity contribution in [3.63, 3.8) is 0 Å². The number of benzene rings is 2. The third-order valence-corrected chi connectivity index (χ3v) is 6.91. The van der Waals surface area contributed by atoms with E-state index in [9.17, 15) is 9.59 Å². The van der Waals surface area contributed by atoms with Crippen LogP contribution in [0, 0.1) is 6.92 Å². The zero-order valence-electron chi connectivity index (χ0n) is 19.8. The van der Waals surface area contributed by atoms with Gasteiger partial charge >= 0.3 is 0 Å². The predicted octanol–water partition coefficient (Wildman–Crippen LogP) is 5.53. The summed E-state index contributed by atoms with van der Waals surface area (Å²) in [6.45, 7) is 7.15. The summed E-state index contributed by atoms with van der Waals surface area (Å²) >= 11 is 1.66. The molecule has 174 valence electrons. The van der Waals surface area contributed by atoms with E-state index >= 15 is 0 Å². The maximum Gasteiger partial charge on any atom is 0.254 e. The number of aryl methyl sites for hydroxylation is 1. The van der Waals surface area contributed by atoms with E-state index in [-0.39, 0.29) is 24.4 Å². The SMILES string of the molecule is CCC(C)N(CC(=O)N(Cc1ccccc1)Cc1sccc1C)C(=O)c1ccc(OC)cc1. The van der Waals surface area contributed by atoms with Gasteiger partial charge in [0.2, 0.25) is 5.91 Å². The highest BCUT2D eigenvalue weighted by atomic mass is 32.1. The van der Waals surface area contributed by atoms with Crippen LogP contribution in [0.4, 0.5) is 0 Å². The summed E-state index contributed by atoms with van der Waals surface area (Å²) in [5, 5.41) is 2.05. The number of thiophene rings is 1. The molecule has 2 aromatic carbocycles. The molecular weight excluding hydrogens is 432 g/mol. The Labute approximate surface area is 200 Å². The lowest BCUT2D eigenvalue weighted by molar-refractivity contribution is -0.133. The molecule has 0 aliphatic heterocycles. The molecule has 0 saturated carbocycles. The molecule has 0 saturated heterocycles. The van der Waals surface area contributed by atoms with Gasteiger partial charge in [-0.1, -0.05) is 37.3 Å². The third kappa shape index (κ3) is 6.45. The van der Waals surface area contributed by atoms with Crippen LogP contribution in [0.25, 0.3) is 0 Å². The maximum atomic E-state index is 13.6. The number of carbonyl (C=O) groups is 2. The van der Waals surface area contributed by atoms with Crippen molar-refractivity contribution in [1.29, 1.82) is 0 Å². The van der Waals surface area contributed by atoms with Crippen LogP contribution >= 0.6 is 11.3 Å². The Morgan fingerprint density at radius 1 is 1.00 bits per heavy atom. The zero-order chi connectivity index (χ0) is 23.8. The second kappa shape index (κ2) is 11.7. The molecule has 2 amide bonds. The van der Waals surface area contributed by atoms with Crippen LogP contribution in [0.2, 0.25) is 0 Å². The number of hydrogen-bond donors (Lipinski definition) is 0. The standard InChI is InChI=1S/C27H32N2O3S/c1-5-21(3)29(27(31)23-11-13-24(32-4)14-12-23)19-26(30)28(17-22-9-7-6-8-10-22)18-25-20(2)15-16-33-25/h6-16,21H,5,17-19H2,1-4H3. The average molecular weight is 465 g/mol. The van der Waals surface area contributed by atoms with Gasteiger partial charge < -0.3 is 14.5 Å². The fourth-order valence-electron chi connectivity index (χ4n) is 3.57. The van der Waals surface area contributed by atoms with Gasteiger partial charge in [-0.25, -0.2) is 0 Å². The summed E-state index contributed by atoms with van der Waals surface area (Å²) in [4.78, 5) is 31.6. The summed E-state index contributed by atoms with van der Waals surface area (Å²) in [5.74, 6) is 0.485. The molecule has 1 unspecified atom stereocenters. The van der Waals surface area contributed by atoms with Crippen molar-refractivity contribution in [1.82, 2.24) is 9.80 Å². The van der Waals surface area contributed by atoms with Crippen LogP contribution in [0.15, 0.2) is 66.0 Å². The third-order valence-electron chi connectivity index (χ3n) is 5.90. The number of amides is 2. The van der Waals surface area contributed by atoms with Crippen molar-refractivity contribution in [3.05, 3.63) is 87.6 Å². The van der Waals surface area contributed by atoms with Crippen LogP contribution < -0.4 is 4.74 Å². The normalized spacial score (nSPS) is 11.6. The fourth-order valence-corrected chi connectivity index (χ4v) is 4.49. The molecule has 1 atom stereocenters. The maximum absolute atomic E-state index is 13.6. The van der Waals surface area contributed by atoms with Crippen LogP contribution in [0.3, 0.4) is 0 Å². The summed E-state index contributed by atoms with van der Waals surface area (Å²) in [6.07, 6.45) is 0.762. The van der Waals surface area contributed by atoms with Crippen molar-refractivity contribution in [3.8, 4) is 5.75 Å². The van der Waals surface area contributed by atoms with E-state index in [1.54, 1.807) is 47.6 Å². The molecule has 0 fully saturated rings. The first-order valence-corrected chi connectivity index (χ1v) is 12.1. The molecule has 0 aliphatic rings. The molecule has 3 aromatic rings. The van der Waals surface area contributed by atoms with Gasteiger partial charge in [0.15, 0.2) is 0 Å². The molecule has 5 nitrogen and oxygen atoms in total. The molecule has 6 heteroatoms. The zero-order valence-corrected chi connectivity index (χ0v) is 20.6. The van der Waals surface area contributed by atoms with E-state index in [4.69, 9.17) is 4.74 Å². The minimum absolute atomic E-state index is 0.0388. The van der Waals surface area contributed by atoms with Crippen molar-refractivity contribution >= 4 is 23.2 Å². The van der Waals surface area contributed by atoms with E-state index in [0.29, 0.717) is 24.4 Å². The molecule has 0 radical (unpaired) electrons. The molecule has 0 bridgehead atoms. The Hall–Kier alpha value is -3.12. The molecule has 1 heterocycles. The second-order valence-electron chi connectivity index (χ2n) is 8.18. The van der Waals surface area contributed by atoms with Gasteiger partial charge in [0.1, 0.15) is 12.3 Å². The first-order chi connectivity index (χ1) is 15.9. The minimum Gasteiger partial charge on any atom is -0.497 e. The molecule has 0 aliphatic carbocycles. The molecule has 0 N–H and O–H groups in total. The summed E-state index contributed by atoms with van der Waals surface area (Å²) in [5.41, 5.74) is 2.79. The Kier molecular flexibility index (Phi) is 8.66. The predicted molar refractivity (Wildman–Crippen MR) is 134 cm³/mol. The number of methoxy groups -OCH3 is 1. The van der Waals surface area contributed by atoms with Crippen molar-refractivity contribution in [2.24, 2.45) is 0 Å². The number of nitrogens with zero attached hydrogens (tertiary/aromatic N) is 2. The molecule has 0 spiro atoms. The highest BCUT2D eigenvalue weighted by Crippen LogP contribution is 2.21. The number of hydrogen-bond acceptors (Lipinski definition) is 4. The van der Waals surface area contributed by atoms with Gasteiger partial charge in [-0.05, 0) is 67.1 Å². The summed E-state index contributed by atoms with van der Waals surface area (Å²) < 4.78 is 5.21. The molecular formula is C27H32N2O3S. The van der Waals surface area contributed by atoms with Gasteiger partial charge in [-0.3, -0.25) is 9.59 Å². The quantitative estimate of drug-likeness (QED) is 0.396. The second-order valence-corrected chi connectivity index (χ2v) is 9.18. The number of rotatable bonds is 10. The van der Waals surface area contributed by atoms with E-state index in [1.165, 1.54) is 5.56 Å². The Bertz CT molecular complexity index is 1050. The average Bonchev–Trinajstić information content (AvgIpc) is 3.26. The topological polar surface area (TPSA) is 49.9 Å². The van der Waals surface area contributed by atoms with Crippen LogP contribution in [-0.2, 0) is 17.9 Å². The van der Waals surface area contributed by atoms with Gasteiger partial charge in [-0.15, -0.1) is 11.3 Å². The van der Waals surface area contributed by atoms with E-state index in [2.05, 4.69) is 18.4 Å². The van der Waals surface area contributed by atoms with Crippen molar-refractivity contribution < 1.29 is 14.3 Å². The lowest BCUT2D eigenvalue weighted by Gasteiger charge is -2.31. The van der Waals surface area contributed by atoms with Crippen molar-refractivity contribution in [2.75, 3.05) is 13.7 Å². The Balaban J connectivity index is 1.83. The fraction of sp³-hybridized carbons (Fsp3) is 0.333. The number of ether oxygens (including phenoxy) is 1. The molecule has 33 heavy (non-hydrogen) atoms. The highest BCUT2D eigenvalue weighted by molar-refractivity contribution is 7.10. The molecule has 3 rings (SSSR count). The lowest BCUT2D eigenvalue weighted by atomic mass is 10.1. The first kappa shape index (κ1) is 24.5. The summed E-state index contributed by atoms with van der Waals surface area (Å²) in [7, 11) is 1.59.